The molecule has 2 aromatic carbocycles. The Labute approximate surface area is 131 Å². The van der Waals surface area contributed by atoms with Crippen LogP contribution in [0.4, 0.5) is 0 Å². The summed E-state index contributed by atoms with van der Waals surface area (Å²) in [4.78, 5) is 0. The highest BCUT2D eigenvalue weighted by Gasteiger charge is 2.17. The third kappa shape index (κ3) is 3.39. The first kappa shape index (κ1) is 14.4. The van der Waals surface area contributed by atoms with Crippen molar-refractivity contribution in [2.75, 3.05) is 13.2 Å². The maximum Gasteiger partial charge on any atom is 0.165 e. The van der Waals surface area contributed by atoms with E-state index in [0.717, 1.165) is 22.6 Å². The van der Waals surface area contributed by atoms with E-state index in [9.17, 15) is 4.21 Å². The summed E-state index contributed by atoms with van der Waals surface area (Å²) in [6, 6.07) is 13.2. The topological polar surface area (TPSA) is 35.5 Å². The smallest absolute Gasteiger partial charge is 0.165 e. The monoisotopic (exact) mass is 322 g/mol. The van der Waals surface area contributed by atoms with Crippen LogP contribution in [-0.2, 0) is 22.3 Å². The van der Waals surface area contributed by atoms with E-state index in [1.807, 2.05) is 42.5 Å². The van der Waals surface area contributed by atoms with Gasteiger partial charge in [0, 0.05) is 21.4 Å². The Morgan fingerprint density at radius 2 is 1.67 bits per heavy atom. The molecule has 0 fully saturated rings. The van der Waals surface area contributed by atoms with Crippen LogP contribution < -0.4 is 9.47 Å². The van der Waals surface area contributed by atoms with Crippen LogP contribution in [-0.4, -0.2) is 17.4 Å². The Morgan fingerprint density at radius 1 is 0.952 bits per heavy atom. The first-order chi connectivity index (χ1) is 10.2. The number of hydrogen-bond donors (Lipinski definition) is 0. The maximum absolute atomic E-state index is 12.4. The van der Waals surface area contributed by atoms with Crippen molar-refractivity contribution in [1.82, 2.24) is 0 Å². The van der Waals surface area contributed by atoms with Gasteiger partial charge in [-0.05, 0) is 17.7 Å². The van der Waals surface area contributed by atoms with Gasteiger partial charge in [0.1, 0.15) is 13.2 Å². The summed E-state index contributed by atoms with van der Waals surface area (Å²) in [5.41, 5.74) is 1.82. The normalized spacial score (nSPS) is 14.7. The summed E-state index contributed by atoms with van der Waals surface area (Å²) in [7, 11) is -1.05. The van der Waals surface area contributed by atoms with E-state index < -0.39 is 10.8 Å². The molecule has 1 heterocycles. The predicted molar refractivity (Wildman–Crippen MR) is 84.4 cm³/mol. The number of halogens is 1. The van der Waals surface area contributed by atoms with Crippen molar-refractivity contribution in [2.45, 2.75) is 11.5 Å². The molecule has 0 aromatic heterocycles. The van der Waals surface area contributed by atoms with Gasteiger partial charge in [0.15, 0.2) is 11.5 Å². The third-order valence-electron chi connectivity index (χ3n) is 3.24. The molecule has 1 atom stereocenters. The Morgan fingerprint density at radius 3 is 2.52 bits per heavy atom. The molecule has 2 aromatic rings. The van der Waals surface area contributed by atoms with E-state index in [1.54, 1.807) is 0 Å². The predicted octanol–water partition coefficient (Wildman–Crippen LogP) is 3.56. The van der Waals surface area contributed by atoms with E-state index in [-0.39, 0.29) is 0 Å². The van der Waals surface area contributed by atoms with Gasteiger partial charge in [-0.1, -0.05) is 41.9 Å². The SMILES string of the molecule is O=S(Cc1ccccc1Cl)Cc1cccc2c1OCCO2. The first-order valence-corrected chi connectivity index (χ1v) is 8.56. The molecule has 0 N–H and O–H groups in total. The van der Waals surface area contributed by atoms with Crippen LogP contribution in [0.3, 0.4) is 0 Å². The van der Waals surface area contributed by atoms with E-state index >= 15 is 0 Å². The van der Waals surface area contributed by atoms with Gasteiger partial charge in [-0.3, -0.25) is 4.21 Å². The van der Waals surface area contributed by atoms with E-state index in [1.165, 1.54) is 0 Å². The first-order valence-electron chi connectivity index (χ1n) is 6.70. The van der Waals surface area contributed by atoms with E-state index in [2.05, 4.69) is 0 Å². The highest BCUT2D eigenvalue weighted by molar-refractivity contribution is 7.83. The number of para-hydroxylation sites is 1. The van der Waals surface area contributed by atoms with Crippen molar-refractivity contribution in [2.24, 2.45) is 0 Å². The van der Waals surface area contributed by atoms with Crippen molar-refractivity contribution in [3.8, 4) is 11.5 Å². The molecular weight excluding hydrogens is 308 g/mol. The quantitative estimate of drug-likeness (QED) is 0.863. The number of ether oxygens (including phenoxy) is 2. The summed E-state index contributed by atoms with van der Waals surface area (Å²) in [5, 5.41) is 0.653. The van der Waals surface area contributed by atoms with Crippen LogP contribution >= 0.6 is 11.6 Å². The third-order valence-corrected chi connectivity index (χ3v) is 4.87. The fraction of sp³-hybridized carbons (Fsp3) is 0.250. The fourth-order valence-electron chi connectivity index (χ4n) is 2.26. The molecule has 0 radical (unpaired) electrons. The second kappa shape index (κ2) is 6.50. The van der Waals surface area contributed by atoms with Crippen LogP contribution in [0, 0.1) is 0 Å². The summed E-state index contributed by atoms with van der Waals surface area (Å²) in [6.07, 6.45) is 0. The molecule has 1 unspecified atom stereocenters. The van der Waals surface area contributed by atoms with Gasteiger partial charge in [0.05, 0.1) is 11.5 Å². The molecule has 0 bridgehead atoms. The lowest BCUT2D eigenvalue weighted by molar-refractivity contribution is 0.170. The fourth-order valence-corrected chi connectivity index (χ4v) is 3.82. The summed E-state index contributed by atoms with van der Waals surface area (Å²) < 4.78 is 23.6. The molecule has 5 heteroatoms. The van der Waals surface area contributed by atoms with Crippen LogP contribution in [0.5, 0.6) is 11.5 Å². The second-order valence-electron chi connectivity index (χ2n) is 4.76. The maximum atomic E-state index is 12.4. The Balaban J connectivity index is 1.75. The Hall–Kier alpha value is -1.52. The highest BCUT2D eigenvalue weighted by Crippen LogP contribution is 2.34. The lowest BCUT2D eigenvalue weighted by Crippen LogP contribution is -2.17. The molecule has 1 aliphatic heterocycles. The van der Waals surface area contributed by atoms with E-state index in [4.69, 9.17) is 21.1 Å². The largest absolute Gasteiger partial charge is 0.486 e. The zero-order valence-electron chi connectivity index (χ0n) is 11.4. The minimum Gasteiger partial charge on any atom is -0.486 e. The van der Waals surface area contributed by atoms with Gasteiger partial charge in [-0.15, -0.1) is 0 Å². The van der Waals surface area contributed by atoms with Gasteiger partial charge < -0.3 is 9.47 Å². The molecule has 3 nitrogen and oxygen atoms in total. The van der Waals surface area contributed by atoms with Crippen molar-refractivity contribution in [3.63, 3.8) is 0 Å². The van der Waals surface area contributed by atoms with Gasteiger partial charge >= 0.3 is 0 Å². The minimum atomic E-state index is -1.05. The zero-order chi connectivity index (χ0) is 14.7. The second-order valence-corrected chi connectivity index (χ2v) is 6.63. The van der Waals surface area contributed by atoms with E-state index in [0.29, 0.717) is 29.7 Å². The molecule has 0 spiro atoms. The molecule has 0 amide bonds. The summed E-state index contributed by atoms with van der Waals surface area (Å²) in [5.74, 6) is 2.31. The minimum absolute atomic E-state index is 0.428. The van der Waals surface area contributed by atoms with Crippen LogP contribution in [0.25, 0.3) is 0 Å². The van der Waals surface area contributed by atoms with Gasteiger partial charge in [0.25, 0.3) is 0 Å². The number of rotatable bonds is 4. The van der Waals surface area contributed by atoms with Crippen molar-refractivity contribution < 1.29 is 13.7 Å². The molecular formula is C16H15ClO3S. The number of hydrogen-bond acceptors (Lipinski definition) is 3. The van der Waals surface area contributed by atoms with Crippen LogP contribution in [0.2, 0.25) is 5.02 Å². The Bertz CT molecular complexity index is 672. The summed E-state index contributed by atoms with van der Waals surface area (Å²) >= 11 is 6.11. The highest BCUT2D eigenvalue weighted by atomic mass is 35.5. The van der Waals surface area contributed by atoms with Crippen LogP contribution in [0.1, 0.15) is 11.1 Å². The molecule has 21 heavy (non-hydrogen) atoms. The lowest BCUT2D eigenvalue weighted by atomic mass is 10.2. The lowest BCUT2D eigenvalue weighted by Gasteiger charge is -2.20. The average Bonchev–Trinajstić information content (AvgIpc) is 2.50. The van der Waals surface area contributed by atoms with Gasteiger partial charge in [-0.2, -0.15) is 0 Å². The molecule has 0 saturated heterocycles. The number of fused-ring (bicyclic) bond motifs is 1. The average molecular weight is 323 g/mol. The number of benzene rings is 2. The van der Waals surface area contributed by atoms with Crippen molar-refractivity contribution >= 4 is 22.4 Å². The molecule has 0 aliphatic carbocycles. The van der Waals surface area contributed by atoms with Gasteiger partial charge in [-0.25, -0.2) is 0 Å². The molecule has 0 saturated carbocycles. The molecule has 3 rings (SSSR count). The summed E-state index contributed by atoms with van der Waals surface area (Å²) in [6.45, 7) is 1.08. The Kier molecular flexibility index (Phi) is 4.46. The standard InChI is InChI=1S/C16H15ClO3S/c17-14-6-2-1-4-12(14)10-21(18)11-13-5-3-7-15-16(13)20-9-8-19-15/h1-7H,8-11H2. The van der Waals surface area contributed by atoms with Crippen molar-refractivity contribution in [1.29, 1.82) is 0 Å². The zero-order valence-corrected chi connectivity index (χ0v) is 13.0. The van der Waals surface area contributed by atoms with Crippen LogP contribution in [0.15, 0.2) is 42.5 Å². The van der Waals surface area contributed by atoms with Crippen molar-refractivity contribution in [3.05, 3.63) is 58.6 Å². The molecule has 110 valence electrons. The van der Waals surface area contributed by atoms with Gasteiger partial charge in [0.2, 0.25) is 0 Å². The molecule has 1 aliphatic rings.